The molecule has 1 aromatic heterocycles. The summed E-state index contributed by atoms with van der Waals surface area (Å²) in [5.74, 6) is 0.112. The predicted octanol–water partition coefficient (Wildman–Crippen LogP) is 4.71. The first-order chi connectivity index (χ1) is 20.2. The zero-order chi connectivity index (χ0) is 29.8. The summed E-state index contributed by atoms with van der Waals surface area (Å²) in [6.45, 7) is 5.67. The van der Waals surface area contributed by atoms with E-state index in [0.29, 0.717) is 30.1 Å². The van der Waals surface area contributed by atoms with Crippen molar-refractivity contribution in [1.29, 1.82) is 0 Å². The van der Waals surface area contributed by atoms with E-state index < -0.39 is 0 Å². The molecule has 8 heteroatoms. The summed E-state index contributed by atoms with van der Waals surface area (Å²) in [5, 5.41) is 14.0. The largest absolute Gasteiger partial charge is 0.488 e. The third kappa shape index (κ3) is 6.50. The summed E-state index contributed by atoms with van der Waals surface area (Å²) in [4.78, 5) is 30.8. The second-order valence-electron chi connectivity index (χ2n) is 11.5. The Kier molecular flexibility index (Phi) is 8.94. The van der Waals surface area contributed by atoms with E-state index in [1.54, 1.807) is 23.1 Å². The van der Waals surface area contributed by atoms with Crippen molar-refractivity contribution >= 4 is 28.4 Å². The molecule has 0 radical (unpaired) electrons. The molecule has 0 spiro atoms. The molecule has 4 aromatic rings. The standard InChI is InChI=1S/C34H40N4O4/c1-23-18-38(24(2)22-39)34(41)29-17-27(35-33(40)16-26-20-37(4)30-13-9-8-12-28(26)30)14-15-31(29)42-32(23)21-36(3)19-25-10-6-5-7-11-25/h5-15,17,20,23-24,32,39H,16,18-19,21-22H2,1-4H3,(H,35,40)/t23-,24+,32+/m1/s1. The highest BCUT2D eigenvalue weighted by Gasteiger charge is 2.33. The number of hydrogen-bond donors (Lipinski definition) is 2. The number of carbonyl (C=O) groups is 2. The van der Waals surface area contributed by atoms with E-state index >= 15 is 0 Å². The number of nitrogens with one attached hydrogen (secondary N) is 1. The number of nitrogens with zero attached hydrogens (tertiary/aromatic N) is 3. The number of carbonyl (C=O) groups excluding carboxylic acids is 2. The number of hydrogen-bond acceptors (Lipinski definition) is 5. The van der Waals surface area contributed by atoms with Crippen LogP contribution in [0.1, 0.15) is 35.3 Å². The smallest absolute Gasteiger partial charge is 0.258 e. The van der Waals surface area contributed by atoms with Gasteiger partial charge in [-0.2, -0.15) is 0 Å². The van der Waals surface area contributed by atoms with Crippen LogP contribution in [0.15, 0.2) is 79.0 Å². The molecule has 0 saturated heterocycles. The van der Waals surface area contributed by atoms with E-state index in [9.17, 15) is 14.7 Å². The Morgan fingerprint density at radius 3 is 2.62 bits per heavy atom. The number of rotatable bonds is 9. The van der Waals surface area contributed by atoms with Crippen molar-refractivity contribution in [3.63, 3.8) is 0 Å². The van der Waals surface area contributed by atoms with Crippen molar-refractivity contribution < 1.29 is 19.4 Å². The van der Waals surface area contributed by atoms with Crippen LogP contribution in [0.4, 0.5) is 5.69 Å². The second-order valence-corrected chi connectivity index (χ2v) is 11.5. The third-order valence-electron chi connectivity index (χ3n) is 8.07. The number of amides is 2. The first-order valence-corrected chi connectivity index (χ1v) is 14.5. The summed E-state index contributed by atoms with van der Waals surface area (Å²) in [5.41, 5.74) is 4.13. The molecule has 1 aliphatic heterocycles. The van der Waals surface area contributed by atoms with Crippen molar-refractivity contribution in [1.82, 2.24) is 14.4 Å². The Morgan fingerprint density at radius 1 is 1.12 bits per heavy atom. The van der Waals surface area contributed by atoms with Crippen LogP contribution < -0.4 is 10.1 Å². The molecule has 2 amide bonds. The normalized spacial score (nSPS) is 17.9. The lowest BCUT2D eigenvalue weighted by molar-refractivity contribution is -0.115. The number of benzene rings is 3. The van der Waals surface area contributed by atoms with Gasteiger partial charge in [0.1, 0.15) is 11.9 Å². The molecule has 0 fully saturated rings. The average molecular weight is 569 g/mol. The highest BCUT2D eigenvalue weighted by Crippen LogP contribution is 2.31. The highest BCUT2D eigenvalue weighted by atomic mass is 16.5. The minimum Gasteiger partial charge on any atom is -0.488 e. The molecule has 2 N–H and O–H groups in total. The number of aliphatic hydroxyl groups is 1. The monoisotopic (exact) mass is 568 g/mol. The van der Waals surface area contributed by atoms with Gasteiger partial charge in [0.15, 0.2) is 0 Å². The fourth-order valence-electron chi connectivity index (χ4n) is 5.73. The number of likely N-dealkylation sites (N-methyl/N-ethyl adjacent to an activating group) is 1. The molecular formula is C34H40N4O4. The molecule has 42 heavy (non-hydrogen) atoms. The molecule has 2 heterocycles. The molecule has 3 aromatic carbocycles. The summed E-state index contributed by atoms with van der Waals surface area (Å²) in [6.07, 6.45) is 2.00. The number of para-hydroxylation sites is 1. The number of anilines is 1. The second kappa shape index (κ2) is 12.8. The first kappa shape index (κ1) is 29.4. The number of aliphatic hydroxyl groups excluding tert-OH is 1. The van der Waals surface area contributed by atoms with Crippen LogP contribution in [0.3, 0.4) is 0 Å². The maximum Gasteiger partial charge on any atom is 0.258 e. The van der Waals surface area contributed by atoms with Gasteiger partial charge in [-0.05, 0) is 49.4 Å². The zero-order valence-corrected chi connectivity index (χ0v) is 24.8. The van der Waals surface area contributed by atoms with Gasteiger partial charge in [-0.3, -0.25) is 14.5 Å². The van der Waals surface area contributed by atoms with Gasteiger partial charge in [-0.25, -0.2) is 0 Å². The topological polar surface area (TPSA) is 87.0 Å². The molecule has 0 saturated carbocycles. The Hall–Kier alpha value is -4.14. The molecule has 0 unspecified atom stereocenters. The zero-order valence-electron chi connectivity index (χ0n) is 24.8. The molecule has 220 valence electrons. The van der Waals surface area contributed by atoms with E-state index in [-0.39, 0.29) is 42.9 Å². The molecule has 0 bridgehead atoms. The van der Waals surface area contributed by atoms with Crippen molar-refractivity contribution in [2.24, 2.45) is 13.0 Å². The highest BCUT2D eigenvalue weighted by molar-refractivity contribution is 6.00. The van der Waals surface area contributed by atoms with Crippen LogP contribution in [0.2, 0.25) is 0 Å². The van der Waals surface area contributed by atoms with Crippen molar-refractivity contribution in [2.45, 2.75) is 39.0 Å². The molecule has 8 nitrogen and oxygen atoms in total. The van der Waals surface area contributed by atoms with Gasteiger partial charge in [0.25, 0.3) is 5.91 Å². The lowest BCUT2D eigenvalue weighted by Crippen LogP contribution is -2.49. The summed E-state index contributed by atoms with van der Waals surface area (Å²) < 4.78 is 8.55. The van der Waals surface area contributed by atoms with E-state index in [0.717, 1.165) is 23.0 Å². The average Bonchev–Trinajstić information content (AvgIpc) is 3.29. The third-order valence-corrected chi connectivity index (χ3v) is 8.07. The van der Waals surface area contributed by atoms with Crippen molar-refractivity contribution in [3.05, 3.63) is 95.7 Å². The minimum absolute atomic E-state index is 0.0226. The Bertz CT molecular complexity index is 1550. The lowest BCUT2D eigenvalue weighted by atomic mass is 9.99. The van der Waals surface area contributed by atoms with E-state index in [4.69, 9.17) is 4.74 Å². The lowest BCUT2D eigenvalue weighted by Gasteiger charge is -2.38. The van der Waals surface area contributed by atoms with E-state index in [1.807, 2.05) is 67.2 Å². The Balaban J connectivity index is 1.37. The van der Waals surface area contributed by atoms with Crippen LogP contribution in [-0.4, -0.2) is 70.2 Å². The van der Waals surface area contributed by atoms with Gasteiger partial charge in [0, 0.05) is 55.4 Å². The maximum absolute atomic E-state index is 13.8. The number of aryl methyl sites for hydroxylation is 1. The molecule has 0 aliphatic carbocycles. The van der Waals surface area contributed by atoms with Crippen molar-refractivity contribution in [2.75, 3.05) is 32.1 Å². The summed E-state index contributed by atoms with van der Waals surface area (Å²) in [7, 11) is 4.04. The molecular weight excluding hydrogens is 528 g/mol. The van der Waals surface area contributed by atoms with Gasteiger partial charge < -0.3 is 24.6 Å². The van der Waals surface area contributed by atoms with Crippen molar-refractivity contribution in [3.8, 4) is 5.75 Å². The summed E-state index contributed by atoms with van der Waals surface area (Å²) >= 11 is 0. The van der Waals surface area contributed by atoms with E-state index in [1.165, 1.54) is 5.56 Å². The van der Waals surface area contributed by atoms with Gasteiger partial charge in [0.2, 0.25) is 5.91 Å². The first-order valence-electron chi connectivity index (χ1n) is 14.5. The number of aromatic nitrogens is 1. The predicted molar refractivity (Wildman–Crippen MR) is 166 cm³/mol. The quantitative estimate of drug-likeness (QED) is 0.305. The number of ether oxygens (including phenoxy) is 1. The van der Waals surface area contributed by atoms with Crippen LogP contribution in [0.5, 0.6) is 5.75 Å². The molecule has 3 atom stereocenters. The Labute approximate surface area is 247 Å². The van der Waals surface area contributed by atoms with Crippen LogP contribution >= 0.6 is 0 Å². The minimum atomic E-state index is -0.363. The SMILES string of the molecule is C[C@@H]1CN([C@@H](C)CO)C(=O)c2cc(NC(=O)Cc3cn(C)c4ccccc34)ccc2O[C@H]1CN(C)Cc1ccccc1. The fourth-order valence-corrected chi connectivity index (χ4v) is 5.73. The fraction of sp³-hybridized carbons (Fsp3) is 0.353. The number of fused-ring (bicyclic) bond motifs is 2. The molecule has 1 aliphatic rings. The van der Waals surface area contributed by atoms with Crippen LogP contribution in [0, 0.1) is 5.92 Å². The summed E-state index contributed by atoms with van der Waals surface area (Å²) in [6, 6.07) is 23.2. The van der Waals surface area contributed by atoms with Gasteiger partial charge in [0.05, 0.1) is 24.6 Å². The van der Waals surface area contributed by atoms with Gasteiger partial charge in [-0.15, -0.1) is 0 Å². The molecule has 5 rings (SSSR count). The van der Waals surface area contributed by atoms with Gasteiger partial charge >= 0.3 is 0 Å². The van der Waals surface area contributed by atoms with Crippen LogP contribution in [0.25, 0.3) is 10.9 Å². The maximum atomic E-state index is 13.8. The van der Waals surface area contributed by atoms with Gasteiger partial charge in [-0.1, -0.05) is 55.5 Å². The Morgan fingerprint density at radius 2 is 1.86 bits per heavy atom. The van der Waals surface area contributed by atoms with Crippen LogP contribution in [-0.2, 0) is 24.8 Å². The van der Waals surface area contributed by atoms with E-state index in [2.05, 4.69) is 36.3 Å².